The molecular weight excluding hydrogens is 387 g/mol. The Morgan fingerprint density at radius 2 is 2.12 bits per heavy atom. The molecule has 5 nitrogen and oxygen atoms in total. The lowest BCUT2D eigenvalue weighted by molar-refractivity contribution is -0.0434. The lowest BCUT2D eigenvalue weighted by atomic mass is 10.00. The number of alkyl halides is 3. The number of rotatable bonds is 4. The molecule has 0 unspecified atom stereocenters. The van der Waals surface area contributed by atoms with Gasteiger partial charge in [-0.15, -0.1) is 15.1 Å². The van der Waals surface area contributed by atoms with Crippen molar-refractivity contribution in [2.75, 3.05) is 12.9 Å². The Labute approximate surface area is 143 Å². The molecular formula is C13H14F3NO4S3. The second-order valence-electron chi connectivity index (χ2n) is 4.75. The zero-order valence-corrected chi connectivity index (χ0v) is 15.2. The first-order chi connectivity index (χ1) is 11.1. The van der Waals surface area contributed by atoms with Crippen molar-refractivity contribution in [3.05, 3.63) is 22.1 Å². The summed E-state index contributed by atoms with van der Waals surface area (Å²) in [6.07, 6.45) is 6.02. The smallest absolute Gasteiger partial charge is 0.462 e. The minimum atomic E-state index is -5.59. The summed E-state index contributed by atoms with van der Waals surface area (Å²) < 4.78 is 68.3. The lowest BCUT2D eigenvalue weighted by Gasteiger charge is -2.09. The molecule has 24 heavy (non-hydrogen) atoms. The zero-order valence-electron chi connectivity index (χ0n) is 12.7. The summed E-state index contributed by atoms with van der Waals surface area (Å²) in [7, 11) is -7.15. The topological polar surface area (TPSA) is 72.8 Å². The molecule has 0 N–H and O–H groups in total. The predicted molar refractivity (Wildman–Crippen MR) is 86.6 cm³/mol. The van der Waals surface area contributed by atoms with Gasteiger partial charge in [-0.1, -0.05) is 12.2 Å². The third kappa shape index (κ3) is 3.72. The molecule has 0 amide bonds. The van der Waals surface area contributed by atoms with Crippen LogP contribution in [0.25, 0.3) is 6.08 Å². The molecule has 11 heteroatoms. The average Bonchev–Trinajstić information content (AvgIpc) is 2.85. The number of esters is 1. The van der Waals surface area contributed by atoms with Gasteiger partial charge in [-0.25, -0.2) is 4.79 Å². The van der Waals surface area contributed by atoms with Crippen molar-refractivity contribution >= 4 is 44.1 Å². The number of ether oxygens (including phenoxy) is 1. The molecule has 134 valence electrons. The average molecular weight is 401 g/mol. The maximum absolute atomic E-state index is 12.5. The third-order valence-electron chi connectivity index (χ3n) is 3.09. The minimum Gasteiger partial charge on any atom is -0.462 e. The van der Waals surface area contributed by atoms with Gasteiger partial charge in [0.25, 0.3) is 0 Å². The van der Waals surface area contributed by atoms with Crippen LogP contribution in [0.2, 0.25) is 0 Å². The molecule has 0 bridgehead atoms. The number of halogens is 3. The van der Waals surface area contributed by atoms with Gasteiger partial charge in [0.15, 0.2) is 0 Å². The SMILES string of the molecule is CCOC(=O)c1sc([S@](C)=NS(=O)(=O)C(F)(F)F)c2c1CCC=C2. The molecule has 1 heterocycles. The van der Waals surface area contributed by atoms with E-state index < -0.39 is 32.2 Å². The number of thiophene rings is 1. The van der Waals surface area contributed by atoms with Gasteiger partial charge >= 0.3 is 21.5 Å². The molecule has 0 fully saturated rings. The monoisotopic (exact) mass is 401 g/mol. The molecule has 1 aliphatic rings. The van der Waals surface area contributed by atoms with E-state index >= 15 is 0 Å². The Morgan fingerprint density at radius 3 is 2.71 bits per heavy atom. The number of fused-ring (bicyclic) bond motifs is 1. The van der Waals surface area contributed by atoms with Crippen LogP contribution in [0.4, 0.5) is 13.2 Å². The van der Waals surface area contributed by atoms with Crippen LogP contribution in [0.5, 0.6) is 0 Å². The fourth-order valence-electron chi connectivity index (χ4n) is 2.10. The van der Waals surface area contributed by atoms with Gasteiger partial charge < -0.3 is 4.74 Å². The molecule has 0 aliphatic heterocycles. The molecule has 1 atom stereocenters. The standard InChI is InChI=1S/C13H14F3NO4S3/c1-3-21-11(18)10-8-6-4-5-7-9(8)12(22-10)23(2)17-24(19,20)13(14,15)16/h5,7H,3-4,6H2,1-2H3/t23-/m0/s1. The van der Waals surface area contributed by atoms with Gasteiger partial charge in [0.2, 0.25) is 0 Å². The maximum Gasteiger partial charge on any atom is 0.519 e. The van der Waals surface area contributed by atoms with Gasteiger partial charge in [0, 0.05) is 5.56 Å². The second-order valence-corrected chi connectivity index (χ2v) is 9.40. The summed E-state index contributed by atoms with van der Waals surface area (Å²) in [5.41, 5.74) is -4.19. The number of carbonyl (C=O) groups excluding carboxylic acids is 1. The lowest BCUT2D eigenvalue weighted by Crippen LogP contribution is -2.21. The predicted octanol–water partition coefficient (Wildman–Crippen LogP) is 3.52. The molecule has 0 saturated carbocycles. The van der Waals surface area contributed by atoms with E-state index in [4.69, 9.17) is 4.74 Å². The normalized spacial score (nSPS) is 16.0. The minimum absolute atomic E-state index is 0.168. The Hall–Kier alpha value is -1.20. The van der Waals surface area contributed by atoms with Crippen molar-refractivity contribution in [2.45, 2.75) is 29.5 Å². The van der Waals surface area contributed by atoms with Crippen LogP contribution in [0.3, 0.4) is 0 Å². The van der Waals surface area contributed by atoms with Gasteiger partial charge in [0.05, 0.1) is 10.8 Å². The summed E-state index contributed by atoms with van der Waals surface area (Å²) in [5.74, 6) is -0.559. The molecule has 1 aromatic rings. The van der Waals surface area contributed by atoms with E-state index in [1.54, 1.807) is 13.0 Å². The van der Waals surface area contributed by atoms with E-state index in [-0.39, 0.29) is 6.61 Å². The fourth-order valence-corrected chi connectivity index (χ4v) is 6.37. The van der Waals surface area contributed by atoms with Gasteiger partial charge in [-0.05, 0) is 42.3 Å². The first-order valence-electron chi connectivity index (χ1n) is 6.78. The Balaban J connectivity index is 2.56. The summed E-state index contributed by atoms with van der Waals surface area (Å²) in [4.78, 5) is 12.3. The number of nitrogens with zero attached hydrogens (tertiary/aromatic N) is 1. The van der Waals surface area contributed by atoms with E-state index in [9.17, 15) is 26.4 Å². The number of hydrogen-bond acceptors (Lipinski definition) is 5. The van der Waals surface area contributed by atoms with Crippen molar-refractivity contribution in [3.63, 3.8) is 0 Å². The third-order valence-corrected chi connectivity index (χ3v) is 8.11. The highest BCUT2D eigenvalue weighted by Crippen LogP contribution is 2.37. The van der Waals surface area contributed by atoms with Crippen LogP contribution in [-0.4, -0.2) is 32.8 Å². The molecule has 2 rings (SSSR count). The first kappa shape index (κ1) is 19.1. The Kier molecular flexibility index (Phi) is 5.55. The van der Waals surface area contributed by atoms with Crippen LogP contribution in [0.1, 0.15) is 34.1 Å². The summed E-state index contributed by atoms with van der Waals surface area (Å²) >= 11 is 0.944. The number of allylic oxidation sites excluding steroid dienone is 1. The largest absolute Gasteiger partial charge is 0.519 e. The van der Waals surface area contributed by atoms with Crippen LogP contribution < -0.4 is 0 Å². The number of carbonyl (C=O) groups is 1. The van der Waals surface area contributed by atoms with E-state index in [1.165, 1.54) is 6.26 Å². The summed E-state index contributed by atoms with van der Waals surface area (Å²) in [6.45, 7) is 1.82. The second kappa shape index (κ2) is 6.96. The highest BCUT2D eigenvalue weighted by Gasteiger charge is 2.46. The van der Waals surface area contributed by atoms with Gasteiger partial charge in [0.1, 0.15) is 4.88 Å². The van der Waals surface area contributed by atoms with Crippen LogP contribution in [-0.2, 0) is 31.9 Å². The quantitative estimate of drug-likeness (QED) is 0.724. The highest BCUT2D eigenvalue weighted by atomic mass is 32.3. The van der Waals surface area contributed by atoms with Gasteiger partial charge in [-0.2, -0.15) is 21.6 Å². The van der Waals surface area contributed by atoms with Crippen LogP contribution in [0.15, 0.2) is 14.1 Å². The molecule has 0 aromatic carbocycles. The molecule has 1 aromatic heterocycles. The molecule has 1 aliphatic carbocycles. The zero-order chi connectivity index (χ0) is 18.1. The van der Waals surface area contributed by atoms with Crippen molar-refractivity contribution < 1.29 is 31.1 Å². The van der Waals surface area contributed by atoms with Gasteiger partial charge in [-0.3, -0.25) is 0 Å². The van der Waals surface area contributed by atoms with Crippen molar-refractivity contribution in [1.29, 1.82) is 0 Å². The van der Waals surface area contributed by atoms with Crippen molar-refractivity contribution in [3.8, 4) is 0 Å². The van der Waals surface area contributed by atoms with Crippen molar-refractivity contribution in [1.82, 2.24) is 0 Å². The maximum atomic E-state index is 12.5. The van der Waals surface area contributed by atoms with Crippen LogP contribution >= 0.6 is 11.3 Å². The molecule has 0 spiro atoms. The summed E-state index contributed by atoms with van der Waals surface area (Å²) in [5, 5.41) is 0. The highest BCUT2D eigenvalue weighted by molar-refractivity contribution is 8.01. The molecule has 0 saturated heterocycles. The Bertz CT molecular complexity index is 822. The summed E-state index contributed by atoms with van der Waals surface area (Å²) in [6, 6.07) is 0. The number of hydrogen-bond donors (Lipinski definition) is 0. The van der Waals surface area contributed by atoms with Crippen LogP contribution in [0, 0.1) is 0 Å². The number of sulfonamides is 1. The van der Waals surface area contributed by atoms with E-state index in [0.29, 0.717) is 33.1 Å². The Morgan fingerprint density at radius 1 is 1.46 bits per heavy atom. The van der Waals surface area contributed by atoms with E-state index in [1.807, 2.05) is 6.08 Å². The van der Waals surface area contributed by atoms with E-state index in [0.717, 1.165) is 11.3 Å². The first-order valence-corrected chi connectivity index (χ1v) is 10.6. The molecule has 0 radical (unpaired) electrons. The van der Waals surface area contributed by atoms with E-state index in [2.05, 4.69) is 3.77 Å². The van der Waals surface area contributed by atoms with Crippen molar-refractivity contribution in [2.24, 2.45) is 3.77 Å². The fraction of sp³-hybridized carbons (Fsp3) is 0.462.